The van der Waals surface area contributed by atoms with Gasteiger partial charge in [-0.1, -0.05) is 34.1 Å². The van der Waals surface area contributed by atoms with E-state index in [2.05, 4.69) is 31.2 Å². The van der Waals surface area contributed by atoms with Gasteiger partial charge < -0.3 is 10.3 Å². The number of aromatic amines is 1. The fourth-order valence-electron chi connectivity index (χ4n) is 2.13. The molecule has 0 spiro atoms. The van der Waals surface area contributed by atoms with E-state index in [1.807, 2.05) is 24.3 Å². The largest absolute Gasteiger partial charge is 0.370 e. The molecule has 0 aliphatic carbocycles. The number of halogens is 1. The Morgan fingerprint density at radius 1 is 1.28 bits per heavy atom. The Hall–Kier alpha value is -1.62. The van der Waals surface area contributed by atoms with Gasteiger partial charge in [0.1, 0.15) is 11.6 Å². The highest BCUT2D eigenvalue weighted by Crippen LogP contribution is 2.26. The molecule has 0 saturated carbocycles. The van der Waals surface area contributed by atoms with Gasteiger partial charge in [-0.15, -0.1) is 0 Å². The maximum atomic E-state index is 12.0. The van der Waals surface area contributed by atoms with Gasteiger partial charge >= 0.3 is 0 Å². The van der Waals surface area contributed by atoms with E-state index in [9.17, 15) is 4.79 Å². The van der Waals surface area contributed by atoms with Gasteiger partial charge in [-0.3, -0.25) is 4.79 Å². The summed E-state index contributed by atoms with van der Waals surface area (Å²) in [4.78, 5) is 19.4. The number of fused-ring (bicyclic) bond motifs is 1. The lowest BCUT2D eigenvalue weighted by Gasteiger charge is -2.16. The lowest BCUT2D eigenvalue weighted by molar-refractivity contribution is 0.800. The molecule has 0 atom stereocenters. The van der Waals surface area contributed by atoms with Crippen LogP contribution in [0.2, 0.25) is 0 Å². The third-order valence-electron chi connectivity index (χ3n) is 3.04. The maximum absolute atomic E-state index is 12.0. The highest BCUT2D eigenvalue weighted by atomic mass is 79.9. The first kappa shape index (κ1) is 11.5. The molecule has 2 aromatic rings. The number of rotatable bonds is 1. The number of hydrogen-bond acceptors (Lipinski definition) is 3. The van der Waals surface area contributed by atoms with Crippen molar-refractivity contribution in [3.63, 3.8) is 0 Å². The molecule has 92 valence electrons. The van der Waals surface area contributed by atoms with Crippen molar-refractivity contribution in [1.29, 1.82) is 0 Å². The molecular formula is C13H12BrN3O. The van der Waals surface area contributed by atoms with Crippen LogP contribution in [0.15, 0.2) is 33.5 Å². The van der Waals surface area contributed by atoms with Gasteiger partial charge in [0.25, 0.3) is 5.56 Å². The lowest BCUT2D eigenvalue weighted by atomic mass is 10.1. The molecule has 1 aromatic heterocycles. The Kier molecular flexibility index (Phi) is 2.91. The predicted octanol–water partition coefficient (Wildman–Crippen LogP) is 2.56. The zero-order valence-electron chi connectivity index (χ0n) is 9.66. The molecule has 0 unspecified atom stereocenters. The Morgan fingerprint density at radius 2 is 2.11 bits per heavy atom. The molecule has 18 heavy (non-hydrogen) atoms. The summed E-state index contributed by atoms with van der Waals surface area (Å²) in [7, 11) is 0. The Morgan fingerprint density at radius 3 is 2.94 bits per heavy atom. The van der Waals surface area contributed by atoms with Gasteiger partial charge in [0.05, 0.1) is 5.56 Å². The summed E-state index contributed by atoms with van der Waals surface area (Å²) in [5.41, 5.74) is 1.61. The summed E-state index contributed by atoms with van der Waals surface area (Å²) in [5, 5.41) is 3.19. The normalized spacial score (nSPS) is 13.8. The van der Waals surface area contributed by atoms with Gasteiger partial charge in [-0.05, 0) is 18.9 Å². The fraction of sp³-hybridized carbons (Fsp3) is 0.231. The third kappa shape index (κ3) is 1.95. The standard InChI is InChI=1S/C13H12BrN3O/c14-10-6-2-1-4-8(10)12-16-11-9(13(18)17-12)5-3-7-15-11/h1-2,4,6H,3,5,7H2,(H2,15,16,17,18). The first-order chi connectivity index (χ1) is 8.75. The molecule has 0 bridgehead atoms. The minimum absolute atomic E-state index is 0.0436. The van der Waals surface area contributed by atoms with Crippen molar-refractivity contribution in [3.05, 3.63) is 44.7 Å². The van der Waals surface area contributed by atoms with Gasteiger partial charge in [-0.25, -0.2) is 4.98 Å². The van der Waals surface area contributed by atoms with Crippen LogP contribution in [0.5, 0.6) is 0 Å². The van der Waals surface area contributed by atoms with E-state index in [1.54, 1.807) is 0 Å². The van der Waals surface area contributed by atoms with E-state index in [-0.39, 0.29) is 5.56 Å². The average molecular weight is 306 g/mol. The molecule has 1 aromatic carbocycles. The second-order valence-electron chi connectivity index (χ2n) is 4.25. The monoisotopic (exact) mass is 305 g/mol. The number of H-pyrrole nitrogens is 1. The number of benzene rings is 1. The molecule has 4 nitrogen and oxygen atoms in total. The van der Waals surface area contributed by atoms with Gasteiger partial charge in [0.15, 0.2) is 0 Å². The molecule has 2 heterocycles. The summed E-state index contributed by atoms with van der Waals surface area (Å²) in [6.45, 7) is 0.874. The average Bonchev–Trinajstić information content (AvgIpc) is 2.39. The van der Waals surface area contributed by atoms with Crippen molar-refractivity contribution >= 4 is 21.7 Å². The maximum Gasteiger partial charge on any atom is 0.256 e. The van der Waals surface area contributed by atoms with Gasteiger partial charge in [-0.2, -0.15) is 0 Å². The number of hydrogen-bond donors (Lipinski definition) is 2. The van der Waals surface area contributed by atoms with Gasteiger partial charge in [0.2, 0.25) is 0 Å². The molecule has 0 amide bonds. The van der Waals surface area contributed by atoms with Crippen molar-refractivity contribution in [3.8, 4) is 11.4 Å². The van der Waals surface area contributed by atoms with E-state index in [1.165, 1.54) is 0 Å². The summed E-state index contributed by atoms with van der Waals surface area (Å²) in [6.07, 6.45) is 1.77. The van der Waals surface area contributed by atoms with E-state index in [0.717, 1.165) is 40.8 Å². The summed E-state index contributed by atoms with van der Waals surface area (Å²) in [6, 6.07) is 7.72. The summed E-state index contributed by atoms with van der Waals surface area (Å²) < 4.78 is 0.920. The van der Waals surface area contributed by atoms with Crippen LogP contribution in [0.25, 0.3) is 11.4 Å². The van der Waals surface area contributed by atoms with Crippen LogP contribution in [0, 0.1) is 0 Å². The van der Waals surface area contributed by atoms with E-state index < -0.39 is 0 Å². The number of aromatic nitrogens is 2. The van der Waals surface area contributed by atoms with Crippen molar-refractivity contribution < 1.29 is 0 Å². The zero-order valence-corrected chi connectivity index (χ0v) is 11.3. The Balaban J connectivity index is 2.17. The fourth-order valence-corrected chi connectivity index (χ4v) is 2.60. The highest BCUT2D eigenvalue weighted by Gasteiger charge is 2.16. The molecule has 5 heteroatoms. The smallest absolute Gasteiger partial charge is 0.256 e. The number of nitrogens with zero attached hydrogens (tertiary/aromatic N) is 1. The van der Waals surface area contributed by atoms with Crippen LogP contribution in [0.3, 0.4) is 0 Å². The minimum atomic E-state index is -0.0436. The van der Waals surface area contributed by atoms with Crippen LogP contribution in [-0.4, -0.2) is 16.5 Å². The molecule has 1 aliphatic heterocycles. The highest BCUT2D eigenvalue weighted by molar-refractivity contribution is 9.10. The molecule has 0 radical (unpaired) electrons. The molecular weight excluding hydrogens is 294 g/mol. The summed E-state index contributed by atoms with van der Waals surface area (Å²) >= 11 is 3.47. The van der Waals surface area contributed by atoms with Crippen LogP contribution in [-0.2, 0) is 6.42 Å². The van der Waals surface area contributed by atoms with Crippen molar-refractivity contribution in [2.75, 3.05) is 11.9 Å². The van der Waals surface area contributed by atoms with Crippen molar-refractivity contribution in [2.45, 2.75) is 12.8 Å². The number of anilines is 1. The minimum Gasteiger partial charge on any atom is -0.370 e. The first-order valence-electron chi connectivity index (χ1n) is 5.87. The molecule has 0 fully saturated rings. The van der Waals surface area contributed by atoms with E-state index in [0.29, 0.717) is 5.82 Å². The summed E-state index contributed by atoms with van der Waals surface area (Å²) in [5.74, 6) is 1.32. The van der Waals surface area contributed by atoms with Crippen molar-refractivity contribution in [1.82, 2.24) is 9.97 Å². The number of nitrogens with one attached hydrogen (secondary N) is 2. The predicted molar refractivity (Wildman–Crippen MR) is 74.8 cm³/mol. The van der Waals surface area contributed by atoms with E-state index >= 15 is 0 Å². The van der Waals surface area contributed by atoms with Crippen LogP contribution < -0.4 is 10.9 Å². The Labute approximate surface area is 113 Å². The SMILES string of the molecule is O=c1[nH]c(-c2ccccc2Br)nc2c1CCCN2. The Bertz CT molecular complexity index is 651. The second kappa shape index (κ2) is 4.57. The second-order valence-corrected chi connectivity index (χ2v) is 5.11. The van der Waals surface area contributed by atoms with Crippen LogP contribution in [0.4, 0.5) is 5.82 Å². The van der Waals surface area contributed by atoms with Crippen molar-refractivity contribution in [2.24, 2.45) is 0 Å². The molecule has 1 aliphatic rings. The third-order valence-corrected chi connectivity index (χ3v) is 3.73. The lowest BCUT2D eigenvalue weighted by Crippen LogP contribution is -2.24. The first-order valence-corrected chi connectivity index (χ1v) is 6.67. The molecule has 2 N–H and O–H groups in total. The van der Waals surface area contributed by atoms with Crippen LogP contribution in [0.1, 0.15) is 12.0 Å². The van der Waals surface area contributed by atoms with E-state index in [4.69, 9.17) is 0 Å². The van der Waals surface area contributed by atoms with Crippen LogP contribution >= 0.6 is 15.9 Å². The van der Waals surface area contributed by atoms with Gasteiger partial charge in [0, 0.05) is 16.6 Å². The topological polar surface area (TPSA) is 57.8 Å². The quantitative estimate of drug-likeness (QED) is 0.851. The molecule has 0 saturated heterocycles. The molecule has 3 rings (SSSR count). The zero-order chi connectivity index (χ0) is 12.5.